The second-order valence-electron chi connectivity index (χ2n) is 6.64. The molecule has 0 bridgehead atoms. The van der Waals surface area contributed by atoms with Gasteiger partial charge in [-0.05, 0) is 35.2 Å². The van der Waals surface area contributed by atoms with Crippen molar-refractivity contribution in [2.45, 2.75) is 19.1 Å². The number of rotatable bonds is 8. The third-order valence-corrected chi connectivity index (χ3v) is 4.56. The maximum atomic E-state index is 10.6. The molecule has 0 spiro atoms. The first-order valence-corrected chi connectivity index (χ1v) is 9.04. The summed E-state index contributed by atoms with van der Waals surface area (Å²) in [5, 5.41) is 10.6. The molecule has 0 saturated carbocycles. The molecule has 3 N–H and O–H groups in total. The van der Waals surface area contributed by atoms with Crippen LogP contribution in [0.25, 0.3) is 0 Å². The van der Waals surface area contributed by atoms with Crippen molar-refractivity contribution < 1.29 is 5.11 Å². The molecule has 3 aromatic carbocycles. The maximum absolute atomic E-state index is 10.6. The van der Waals surface area contributed by atoms with Crippen molar-refractivity contribution in [2.75, 3.05) is 18.8 Å². The molecule has 3 rings (SSSR count). The van der Waals surface area contributed by atoms with Crippen LogP contribution in [0.1, 0.15) is 22.8 Å². The van der Waals surface area contributed by atoms with Gasteiger partial charge in [-0.15, -0.1) is 0 Å². The number of nitrogen functional groups attached to an aromatic ring is 1. The fourth-order valence-corrected chi connectivity index (χ4v) is 3.07. The smallest absolute Gasteiger partial charge is 0.0917 e. The minimum absolute atomic E-state index is 0.494. The Kier molecular flexibility index (Phi) is 6.42. The van der Waals surface area contributed by atoms with Crippen LogP contribution < -0.4 is 5.73 Å². The lowest BCUT2D eigenvalue weighted by Gasteiger charge is -2.25. The SMILES string of the molecule is Nc1ccc(CCN(Cc2ccccc2)C[C@H](O)c2ccccc2)cc1. The summed E-state index contributed by atoms with van der Waals surface area (Å²) in [5.41, 5.74) is 10.0. The van der Waals surface area contributed by atoms with E-state index < -0.39 is 6.10 Å². The minimum Gasteiger partial charge on any atom is -0.399 e. The van der Waals surface area contributed by atoms with Gasteiger partial charge in [0, 0.05) is 25.3 Å². The predicted octanol–water partition coefficient (Wildman–Crippen LogP) is 4.05. The molecular weight excluding hydrogens is 320 g/mol. The van der Waals surface area contributed by atoms with Gasteiger partial charge in [0.25, 0.3) is 0 Å². The Balaban J connectivity index is 1.67. The summed E-state index contributed by atoms with van der Waals surface area (Å²) in [5.74, 6) is 0. The summed E-state index contributed by atoms with van der Waals surface area (Å²) < 4.78 is 0. The standard InChI is InChI=1S/C23H26N2O/c24-22-13-11-19(12-14-22)15-16-25(17-20-7-3-1-4-8-20)18-23(26)21-9-5-2-6-10-21/h1-14,23,26H,15-18,24H2/t23-/m0/s1. The third-order valence-electron chi connectivity index (χ3n) is 4.56. The Bertz CT molecular complexity index is 772. The zero-order valence-electron chi connectivity index (χ0n) is 15.0. The molecular formula is C23H26N2O. The van der Waals surface area contributed by atoms with Crippen LogP contribution in [0, 0.1) is 0 Å². The fraction of sp³-hybridized carbons (Fsp3) is 0.217. The summed E-state index contributed by atoms with van der Waals surface area (Å²) in [4.78, 5) is 2.31. The highest BCUT2D eigenvalue weighted by Gasteiger charge is 2.14. The number of aliphatic hydroxyl groups is 1. The highest BCUT2D eigenvalue weighted by atomic mass is 16.3. The normalized spacial score (nSPS) is 12.2. The molecule has 0 aliphatic rings. The van der Waals surface area contributed by atoms with Crippen molar-refractivity contribution in [1.82, 2.24) is 4.90 Å². The van der Waals surface area contributed by atoms with Gasteiger partial charge >= 0.3 is 0 Å². The molecule has 0 saturated heterocycles. The summed E-state index contributed by atoms with van der Waals surface area (Å²) >= 11 is 0. The Labute approximate surface area is 155 Å². The van der Waals surface area contributed by atoms with E-state index in [4.69, 9.17) is 5.73 Å². The first-order valence-electron chi connectivity index (χ1n) is 9.04. The molecule has 3 aromatic rings. The topological polar surface area (TPSA) is 49.5 Å². The molecule has 26 heavy (non-hydrogen) atoms. The van der Waals surface area contributed by atoms with Crippen molar-refractivity contribution in [3.05, 3.63) is 102 Å². The lowest BCUT2D eigenvalue weighted by atomic mass is 10.1. The van der Waals surface area contributed by atoms with Crippen molar-refractivity contribution >= 4 is 5.69 Å². The number of nitrogens with two attached hydrogens (primary N) is 1. The van der Waals surface area contributed by atoms with Gasteiger partial charge in [-0.3, -0.25) is 4.90 Å². The summed E-state index contributed by atoms with van der Waals surface area (Å²) in [6.45, 7) is 2.30. The largest absolute Gasteiger partial charge is 0.399 e. The van der Waals surface area contributed by atoms with Crippen molar-refractivity contribution in [3.63, 3.8) is 0 Å². The predicted molar refractivity (Wildman–Crippen MR) is 108 cm³/mol. The second kappa shape index (κ2) is 9.18. The van der Waals surface area contributed by atoms with Crippen LogP contribution in [0.3, 0.4) is 0 Å². The van der Waals surface area contributed by atoms with Gasteiger partial charge in [0.05, 0.1) is 6.10 Å². The lowest BCUT2D eigenvalue weighted by Crippen LogP contribution is -2.30. The Hall–Kier alpha value is -2.62. The van der Waals surface area contributed by atoms with Gasteiger partial charge < -0.3 is 10.8 Å². The van der Waals surface area contributed by atoms with E-state index in [1.165, 1.54) is 11.1 Å². The van der Waals surface area contributed by atoms with Crippen molar-refractivity contribution in [1.29, 1.82) is 0 Å². The Morgan fingerprint density at radius 2 is 1.38 bits per heavy atom. The van der Waals surface area contributed by atoms with Gasteiger partial charge in [0.2, 0.25) is 0 Å². The van der Waals surface area contributed by atoms with E-state index in [9.17, 15) is 5.11 Å². The molecule has 1 atom stereocenters. The summed E-state index contributed by atoms with van der Waals surface area (Å²) in [7, 11) is 0. The van der Waals surface area contributed by atoms with E-state index in [2.05, 4.69) is 41.3 Å². The van der Waals surface area contributed by atoms with Crippen LogP contribution >= 0.6 is 0 Å². The van der Waals surface area contributed by atoms with Crippen LogP contribution in [-0.2, 0) is 13.0 Å². The zero-order chi connectivity index (χ0) is 18.2. The van der Waals surface area contributed by atoms with Crippen LogP contribution in [0.2, 0.25) is 0 Å². The fourth-order valence-electron chi connectivity index (χ4n) is 3.07. The lowest BCUT2D eigenvalue weighted by molar-refractivity contribution is 0.109. The van der Waals surface area contributed by atoms with E-state index in [0.29, 0.717) is 6.54 Å². The molecule has 0 unspecified atom stereocenters. The monoisotopic (exact) mass is 346 g/mol. The first-order chi connectivity index (χ1) is 12.7. The molecule has 0 aliphatic heterocycles. The van der Waals surface area contributed by atoms with Crippen LogP contribution in [0.15, 0.2) is 84.9 Å². The molecule has 3 nitrogen and oxygen atoms in total. The molecule has 0 aliphatic carbocycles. The van der Waals surface area contributed by atoms with E-state index in [1.807, 2.05) is 48.5 Å². The molecule has 0 heterocycles. The number of anilines is 1. The van der Waals surface area contributed by atoms with Gasteiger partial charge in [-0.25, -0.2) is 0 Å². The molecule has 0 aromatic heterocycles. The minimum atomic E-state index is -0.494. The molecule has 134 valence electrons. The van der Waals surface area contributed by atoms with Gasteiger partial charge in [0.15, 0.2) is 0 Å². The van der Waals surface area contributed by atoms with E-state index >= 15 is 0 Å². The number of nitrogens with zero attached hydrogens (tertiary/aromatic N) is 1. The zero-order valence-corrected chi connectivity index (χ0v) is 15.0. The first kappa shape index (κ1) is 18.2. The molecule has 0 fully saturated rings. The number of hydrogen-bond acceptors (Lipinski definition) is 3. The highest BCUT2D eigenvalue weighted by Crippen LogP contribution is 2.16. The molecule has 0 amide bonds. The van der Waals surface area contributed by atoms with Gasteiger partial charge in [-0.2, -0.15) is 0 Å². The van der Waals surface area contributed by atoms with E-state index in [1.54, 1.807) is 0 Å². The maximum Gasteiger partial charge on any atom is 0.0917 e. The highest BCUT2D eigenvalue weighted by molar-refractivity contribution is 5.39. The average Bonchev–Trinajstić information content (AvgIpc) is 2.69. The van der Waals surface area contributed by atoms with Gasteiger partial charge in [0.1, 0.15) is 0 Å². The van der Waals surface area contributed by atoms with Crippen molar-refractivity contribution in [2.24, 2.45) is 0 Å². The quantitative estimate of drug-likeness (QED) is 0.605. The number of benzene rings is 3. The van der Waals surface area contributed by atoms with Crippen molar-refractivity contribution in [3.8, 4) is 0 Å². The second-order valence-corrected chi connectivity index (χ2v) is 6.64. The van der Waals surface area contributed by atoms with Crippen LogP contribution in [-0.4, -0.2) is 23.1 Å². The molecule has 0 radical (unpaired) electrons. The Morgan fingerprint density at radius 1 is 0.769 bits per heavy atom. The van der Waals surface area contributed by atoms with Crippen LogP contribution in [0.4, 0.5) is 5.69 Å². The summed E-state index contributed by atoms with van der Waals surface area (Å²) in [6.07, 6.45) is 0.431. The van der Waals surface area contributed by atoms with Gasteiger partial charge in [-0.1, -0.05) is 72.8 Å². The average molecular weight is 346 g/mol. The van der Waals surface area contributed by atoms with E-state index in [0.717, 1.165) is 30.8 Å². The summed E-state index contributed by atoms with van der Waals surface area (Å²) in [6, 6.07) is 28.3. The van der Waals surface area contributed by atoms with E-state index in [-0.39, 0.29) is 0 Å². The molecule has 3 heteroatoms. The number of aliphatic hydroxyl groups excluding tert-OH is 1. The third kappa shape index (κ3) is 5.45. The number of hydrogen-bond donors (Lipinski definition) is 2. The van der Waals surface area contributed by atoms with Crippen LogP contribution in [0.5, 0.6) is 0 Å². The Morgan fingerprint density at radius 3 is 2.04 bits per heavy atom.